The van der Waals surface area contributed by atoms with Gasteiger partial charge < -0.3 is 0 Å². The third kappa shape index (κ3) is 10.1. The monoisotopic (exact) mass is 587 g/mol. The minimum atomic E-state index is 0. The maximum absolute atomic E-state index is 7.61. The summed E-state index contributed by atoms with van der Waals surface area (Å²) < 4.78 is 7.61. The molecule has 1 radical (unpaired) electrons. The van der Waals surface area contributed by atoms with Crippen LogP contribution in [0, 0.1) is 6.07 Å². The minimum absolute atomic E-state index is 0. The van der Waals surface area contributed by atoms with Gasteiger partial charge in [0.25, 0.3) is 0 Å². The van der Waals surface area contributed by atoms with Crippen LogP contribution in [0.3, 0.4) is 0 Å². The van der Waals surface area contributed by atoms with Gasteiger partial charge in [0.2, 0.25) is 0 Å². The molecule has 2 heterocycles. The molecule has 0 aliphatic heterocycles. The van der Waals surface area contributed by atoms with Crippen LogP contribution in [0.15, 0.2) is 128 Å². The van der Waals surface area contributed by atoms with Gasteiger partial charge in [0.1, 0.15) is 0 Å². The summed E-state index contributed by atoms with van der Waals surface area (Å²) in [6.45, 7) is 8.00. The molecule has 2 aromatic heterocycles. The van der Waals surface area contributed by atoms with Crippen molar-refractivity contribution in [2.24, 2.45) is 0 Å². The summed E-state index contributed by atoms with van der Waals surface area (Å²) in [5, 5.41) is 2.19. The fourth-order valence-electron chi connectivity index (χ4n) is 4.03. The fraction of sp³-hybridized carbons (Fsp3) is 0.167. The van der Waals surface area contributed by atoms with E-state index >= 15 is 0 Å². The molecule has 6 rings (SSSR count). The number of rotatable bonds is 4. The Balaban J connectivity index is 0.000000244. The Morgan fingerprint density at radius 2 is 1.10 bits per heavy atom. The maximum Gasteiger partial charge on any atom is 0.0702 e. The van der Waals surface area contributed by atoms with Gasteiger partial charge >= 0.3 is 0 Å². The Kier molecular flexibility index (Phi) is 14.1. The molecule has 0 saturated carbocycles. The van der Waals surface area contributed by atoms with Crippen molar-refractivity contribution in [3.8, 4) is 0 Å². The molecular weight excluding hydrogens is 549 g/mol. The van der Waals surface area contributed by atoms with E-state index in [4.69, 9.17) is 1.37 Å². The average Bonchev–Trinajstić information content (AvgIpc) is 3.00. The van der Waals surface area contributed by atoms with Crippen LogP contribution < -0.4 is 0 Å². The molecule has 4 aromatic carbocycles. The summed E-state index contributed by atoms with van der Waals surface area (Å²) in [7, 11) is 0. The van der Waals surface area contributed by atoms with Gasteiger partial charge in [0, 0.05) is 44.3 Å². The minimum Gasteiger partial charge on any atom is -0.296 e. The number of pyridine rings is 2. The Hall–Kier alpha value is -3.20. The van der Waals surface area contributed by atoms with Gasteiger partial charge in [-0.15, -0.1) is 11.5 Å². The number of aromatic nitrogens is 2. The SMILES string of the molecule is CC.CC.[2H]c1cnc2ccc(Cc3ccccc3)cc2c1.[Y].[c-]1cnc2ccc(Cc3ccccc3)cc2c1. The molecule has 0 fully saturated rings. The zero-order chi connectivity index (χ0) is 27.9. The van der Waals surface area contributed by atoms with Crippen LogP contribution in [-0.2, 0) is 45.6 Å². The molecule has 0 unspecified atom stereocenters. The summed E-state index contributed by atoms with van der Waals surface area (Å²) in [4.78, 5) is 8.52. The van der Waals surface area contributed by atoms with E-state index in [9.17, 15) is 0 Å². The molecule has 39 heavy (non-hydrogen) atoms. The Labute approximate surface area is 260 Å². The van der Waals surface area contributed by atoms with Gasteiger partial charge in [-0.3, -0.25) is 9.97 Å². The van der Waals surface area contributed by atoms with Gasteiger partial charge in [-0.2, -0.15) is 0 Å². The van der Waals surface area contributed by atoms with Crippen LogP contribution in [0.4, 0.5) is 0 Å². The first-order valence-electron chi connectivity index (χ1n) is 13.9. The molecule has 0 bridgehead atoms. The molecule has 0 N–H and O–H groups in total. The zero-order valence-electron chi connectivity index (χ0n) is 24.4. The van der Waals surface area contributed by atoms with Crippen molar-refractivity contribution in [1.29, 1.82) is 0 Å². The topological polar surface area (TPSA) is 25.8 Å². The third-order valence-corrected chi connectivity index (χ3v) is 5.72. The molecule has 2 nitrogen and oxygen atoms in total. The number of benzene rings is 4. The Bertz CT molecular complexity index is 1550. The van der Waals surface area contributed by atoms with E-state index in [-0.39, 0.29) is 32.7 Å². The molecule has 3 heteroatoms. The average molecular weight is 588 g/mol. The van der Waals surface area contributed by atoms with E-state index in [0.717, 1.165) is 34.6 Å². The van der Waals surface area contributed by atoms with E-state index in [0.29, 0.717) is 6.04 Å². The van der Waals surface area contributed by atoms with Gasteiger partial charge in [-0.1, -0.05) is 124 Å². The number of hydrogen-bond donors (Lipinski definition) is 0. The number of hydrogen-bond acceptors (Lipinski definition) is 2. The van der Waals surface area contributed by atoms with Crippen molar-refractivity contribution in [2.75, 3.05) is 0 Å². The second-order valence-corrected chi connectivity index (χ2v) is 8.25. The van der Waals surface area contributed by atoms with Crippen molar-refractivity contribution in [3.05, 3.63) is 156 Å². The molecule has 0 saturated heterocycles. The number of nitrogens with zero attached hydrogens (tertiary/aromatic N) is 2. The van der Waals surface area contributed by atoms with Crippen molar-refractivity contribution >= 4 is 21.8 Å². The molecule has 6 aromatic rings. The van der Waals surface area contributed by atoms with Crippen LogP contribution in [-0.4, -0.2) is 9.97 Å². The second kappa shape index (κ2) is 18.2. The maximum atomic E-state index is 7.61. The number of fused-ring (bicyclic) bond motifs is 2. The Morgan fingerprint density at radius 1 is 0.590 bits per heavy atom. The Morgan fingerprint density at radius 3 is 1.67 bits per heavy atom. The van der Waals surface area contributed by atoms with Crippen LogP contribution in [0.25, 0.3) is 21.8 Å². The smallest absolute Gasteiger partial charge is 0.0702 e. The largest absolute Gasteiger partial charge is 0.296 e. The van der Waals surface area contributed by atoms with Crippen LogP contribution >= 0.6 is 0 Å². The zero-order valence-corrected chi connectivity index (χ0v) is 26.3. The van der Waals surface area contributed by atoms with Crippen LogP contribution in [0.2, 0.25) is 0 Å². The van der Waals surface area contributed by atoms with Crippen molar-refractivity contribution in [1.82, 2.24) is 9.97 Å². The van der Waals surface area contributed by atoms with Gasteiger partial charge in [-0.05, 0) is 53.2 Å². The predicted molar refractivity (Wildman–Crippen MR) is 164 cm³/mol. The third-order valence-electron chi connectivity index (χ3n) is 5.72. The van der Waals surface area contributed by atoms with E-state index < -0.39 is 0 Å². The standard InChI is InChI=1S/C16H13N.C16H12N.2C2H6.Y/c2*1-2-5-13(6-3-1)11-14-8-9-16-15(12-14)7-4-10-17-16;2*1-2;/h1-10,12H,11H2;1-3,5-10,12H,11H2;2*1-2H3;/q;-1;;;/i4D;;;;. The van der Waals surface area contributed by atoms with Crippen molar-refractivity contribution < 1.29 is 34.1 Å². The van der Waals surface area contributed by atoms with Crippen molar-refractivity contribution in [2.45, 2.75) is 40.5 Å². The molecule has 0 spiro atoms. The summed E-state index contributed by atoms with van der Waals surface area (Å²) >= 11 is 0. The molecule has 195 valence electrons. The van der Waals surface area contributed by atoms with E-state index in [1.807, 2.05) is 58.0 Å². The van der Waals surface area contributed by atoms with E-state index in [1.165, 1.54) is 22.3 Å². The van der Waals surface area contributed by atoms with Crippen molar-refractivity contribution in [3.63, 3.8) is 0 Å². The van der Waals surface area contributed by atoms with Crippen LogP contribution in [0.1, 0.15) is 51.3 Å². The summed E-state index contributed by atoms with van der Waals surface area (Å²) in [5.41, 5.74) is 7.17. The van der Waals surface area contributed by atoms with Gasteiger partial charge in [-0.25, -0.2) is 12.1 Å². The first kappa shape index (κ1) is 30.3. The summed E-state index contributed by atoms with van der Waals surface area (Å²) in [6.07, 6.45) is 5.17. The second-order valence-electron chi connectivity index (χ2n) is 8.25. The fourth-order valence-corrected chi connectivity index (χ4v) is 4.03. The van der Waals surface area contributed by atoms with Gasteiger partial charge in [0.05, 0.1) is 6.89 Å². The molecular formula is C36H37N2Y-. The molecule has 0 aliphatic carbocycles. The van der Waals surface area contributed by atoms with E-state index in [1.54, 1.807) is 12.4 Å². The predicted octanol–water partition coefficient (Wildman–Crippen LogP) is 9.50. The summed E-state index contributed by atoms with van der Waals surface area (Å²) in [6, 6.07) is 40.8. The first-order chi connectivity index (χ1) is 19.2. The molecule has 0 atom stereocenters. The quantitative estimate of drug-likeness (QED) is 0.192. The normalized spacial score (nSPS) is 9.90. The van der Waals surface area contributed by atoms with Crippen LogP contribution in [0.5, 0.6) is 0 Å². The summed E-state index contributed by atoms with van der Waals surface area (Å²) in [5.74, 6) is 0. The van der Waals surface area contributed by atoms with Gasteiger partial charge in [0.15, 0.2) is 0 Å². The molecule has 0 aliphatic rings. The first-order valence-corrected chi connectivity index (χ1v) is 13.4. The van der Waals surface area contributed by atoms with E-state index in [2.05, 4.69) is 94.9 Å². The molecule has 0 amide bonds.